The largest absolute Gasteiger partial charge is 0.384 e. The van der Waals surface area contributed by atoms with Crippen molar-refractivity contribution in [2.45, 2.75) is 36.4 Å². The summed E-state index contributed by atoms with van der Waals surface area (Å²) < 4.78 is 15.5. The van der Waals surface area contributed by atoms with Gasteiger partial charge in [-0.05, 0) is 43.5 Å². The molecule has 0 bridgehead atoms. The van der Waals surface area contributed by atoms with E-state index in [4.69, 9.17) is 17.3 Å². The van der Waals surface area contributed by atoms with E-state index in [0.717, 1.165) is 11.3 Å². The van der Waals surface area contributed by atoms with Gasteiger partial charge in [-0.25, -0.2) is 4.39 Å². The quantitative estimate of drug-likeness (QED) is 0.357. The molecule has 3 aromatic rings. The van der Waals surface area contributed by atoms with Crippen LogP contribution in [0.5, 0.6) is 0 Å². The molecular formula is C27H22ClFN6O2S2. The molecule has 0 fully saturated rings. The summed E-state index contributed by atoms with van der Waals surface area (Å²) in [5.41, 5.74) is 9.12. The van der Waals surface area contributed by atoms with Gasteiger partial charge >= 0.3 is 0 Å². The van der Waals surface area contributed by atoms with Crippen LogP contribution in [0.1, 0.15) is 36.3 Å². The number of benzene rings is 2. The average Bonchev–Trinajstić information content (AvgIpc) is 3.37. The zero-order valence-electron chi connectivity index (χ0n) is 20.7. The van der Waals surface area contributed by atoms with Crippen LogP contribution in [0.4, 0.5) is 15.2 Å². The highest BCUT2D eigenvalue weighted by atomic mass is 35.5. The van der Waals surface area contributed by atoms with Crippen molar-refractivity contribution >= 4 is 57.2 Å². The molecule has 39 heavy (non-hydrogen) atoms. The molecule has 8 nitrogen and oxygen atoms in total. The molecule has 1 unspecified atom stereocenters. The van der Waals surface area contributed by atoms with Crippen molar-refractivity contribution < 1.29 is 14.0 Å². The van der Waals surface area contributed by atoms with Crippen LogP contribution in [-0.4, -0.2) is 27.6 Å². The standard InChI is InChI=1S/C27H22ClFN6O2S2/c1-14-6-2-3-9-18(14)32-21(37)13-38-27-34-33-26(39-27)35-19-10-5-11-20(36)24(19)22(15(12-30)25(35)31)23-16(28)7-4-8-17(23)29/h2-4,6-9,22H,5,10-11,13,31H2,1H3,(H,32,37). The van der Waals surface area contributed by atoms with Crippen LogP contribution in [0.3, 0.4) is 0 Å². The molecule has 1 aliphatic carbocycles. The Labute approximate surface area is 237 Å². The predicted octanol–water partition coefficient (Wildman–Crippen LogP) is 5.67. The fourth-order valence-corrected chi connectivity index (χ4v) is 6.71. The second kappa shape index (κ2) is 11.2. The molecule has 5 rings (SSSR count). The number of nitrogens with two attached hydrogens (primary N) is 1. The van der Waals surface area contributed by atoms with Gasteiger partial charge in [0.05, 0.1) is 23.3 Å². The molecule has 1 aromatic heterocycles. The SMILES string of the molecule is Cc1ccccc1NC(=O)CSc1nnc(N2C(N)=C(C#N)C(c3c(F)cccc3Cl)C3=C2CCCC3=O)s1. The summed E-state index contributed by atoms with van der Waals surface area (Å²) >= 11 is 8.77. The number of hydrogen-bond donors (Lipinski definition) is 2. The number of ketones is 1. The number of nitriles is 1. The van der Waals surface area contributed by atoms with E-state index in [1.165, 1.54) is 41.3 Å². The summed E-state index contributed by atoms with van der Waals surface area (Å²) in [4.78, 5) is 27.3. The number of para-hydroxylation sites is 1. The highest BCUT2D eigenvalue weighted by molar-refractivity contribution is 8.01. The van der Waals surface area contributed by atoms with Crippen molar-refractivity contribution in [3.05, 3.63) is 87.1 Å². The fraction of sp³-hybridized carbons (Fsp3) is 0.222. The number of carbonyl (C=O) groups excluding carboxylic acids is 2. The van der Waals surface area contributed by atoms with Gasteiger partial charge in [-0.15, -0.1) is 10.2 Å². The molecule has 1 amide bonds. The maximum Gasteiger partial charge on any atom is 0.234 e. The summed E-state index contributed by atoms with van der Waals surface area (Å²) in [6, 6.07) is 13.8. The zero-order valence-corrected chi connectivity index (χ0v) is 23.1. The molecule has 2 aliphatic rings. The molecule has 0 spiro atoms. The van der Waals surface area contributed by atoms with Gasteiger partial charge in [0.1, 0.15) is 11.6 Å². The minimum absolute atomic E-state index is 0.0120. The van der Waals surface area contributed by atoms with Gasteiger partial charge < -0.3 is 11.1 Å². The van der Waals surface area contributed by atoms with E-state index in [0.29, 0.717) is 33.6 Å². The van der Waals surface area contributed by atoms with Crippen molar-refractivity contribution in [3.63, 3.8) is 0 Å². The van der Waals surface area contributed by atoms with Crippen molar-refractivity contribution in [3.8, 4) is 6.07 Å². The number of amides is 1. The second-order valence-corrected chi connectivity index (χ2v) is 11.5. The van der Waals surface area contributed by atoms with E-state index >= 15 is 4.39 Å². The lowest BCUT2D eigenvalue weighted by Crippen LogP contribution is -2.39. The predicted molar refractivity (Wildman–Crippen MR) is 150 cm³/mol. The van der Waals surface area contributed by atoms with Crippen molar-refractivity contribution in [1.29, 1.82) is 5.26 Å². The summed E-state index contributed by atoms with van der Waals surface area (Å²) in [5, 5.41) is 21.9. The maximum atomic E-state index is 15.0. The monoisotopic (exact) mass is 580 g/mol. The van der Waals surface area contributed by atoms with Gasteiger partial charge in [0.15, 0.2) is 10.1 Å². The number of aryl methyl sites for hydroxylation is 1. The lowest BCUT2D eigenvalue weighted by atomic mass is 9.75. The Kier molecular flexibility index (Phi) is 7.70. The molecule has 0 radical (unpaired) electrons. The van der Waals surface area contributed by atoms with Gasteiger partial charge in [-0.3, -0.25) is 14.5 Å². The average molecular weight is 581 g/mol. The Morgan fingerprint density at radius 3 is 2.82 bits per heavy atom. The Morgan fingerprint density at radius 2 is 2.08 bits per heavy atom. The minimum atomic E-state index is -1.02. The first-order chi connectivity index (χ1) is 18.8. The summed E-state index contributed by atoms with van der Waals surface area (Å²) in [6.45, 7) is 1.91. The van der Waals surface area contributed by atoms with Gasteiger partial charge in [-0.2, -0.15) is 5.26 Å². The van der Waals surface area contributed by atoms with E-state index in [2.05, 4.69) is 21.6 Å². The lowest BCUT2D eigenvalue weighted by Gasteiger charge is -2.38. The highest BCUT2D eigenvalue weighted by Gasteiger charge is 2.42. The number of nitrogens with one attached hydrogen (secondary N) is 1. The molecule has 198 valence electrons. The molecule has 0 saturated heterocycles. The minimum Gasteiger partial charge on any atom is -0.384 e. The third-order valence-corrected chi connectivity index (χ3v) is 8.91. The summed E-state index contributed by atoms with van der Waals surface area (Å²) in [7, 11) is 0. The zero-order chi connectivity index (χ0) is 27.7. The van der Waals surface area contributed by atoms with Crippen LogP contribution < -0.4 is 16.0 Å². The maximum absolute atomic E-state index is 15.0. The van der Waals surface area contributed by atoms with Gasteiger partial charge in [0.25, 0.3) is 0 Å². The van der Waals surface area contributed by atoms with Gasteiger partial charge in [0, 0.05) is 34.0 Å². The first-order valence-electron chi connectivity index (χ1n) is 12.0. The van der Waals surface area contributed by atoms with Crippen LogP contribution in [-0.2, 0) is 9.59 Å². The third kappa shape index (κ3) is 5.15. The highest BCUT2D eigenvalue weighted by Crippen LogP contribution is 2.48. The van der Waals surface area contributed by atoms with Crippen LogP contribution in [0, 0.1) is 24.1 Å². The van der Waals surface area contributed by atoms with Crippen LogP contribution in [0.15, 0.2) is 69.5 Å². The van der Waals surface area contributed by atoms with Crippen LogP contribution >= 0.6 is 34.7 Å². The number of halogens is 2. The van der Waals surface area contributed by atoms with E-state index in [1.54, 1.807) is 4.90 Å². The molecule has 2 heterocycles. The van der Waals surface area contributed by atoms with Gasteiger partial charge in [0.2, 0.25) is 11.0 Å². The van der Waals surface area contributed by atoms with E-state index < -0.39 is 11.7 Å². The van der Waals surface area contributed by atoms with E-state index in [1.807, 2.05) is 31.2 Å². The number of aromatic nitrogens is 2. The number of allylic oxidation sites excluding steroid dienone is 3. The van der Waals surface area contributed by atoms with Crippen molar-refractivity contribution in [2.75, 3.05) is 16.0 Å². The Morgan fingerprint density at radius 1 is 1.28 bits per heavy atom. The van der Waals surface area contributed by atoms with E-state index in [9.17, 15) is 14.9 Å². The summed E-state index contributed by atoms with van der Waals surface area (Å²) in [6.07, 6.45) is 1.31. The first kappa shape index (κ1) is 26.9. The Hall–Kier alpha value is -3.72. The number of rotatable bonds is 6. The number of Topliss-reactive ketones (excluding diaryl/α,β-unsaturated/α-hetero) is 1. The molecule has 1 atom stereocenters. The number of hydrogen-bond acceptors (Lipinski definition) is 9. The molecular weight excluding hydrogens is 559 g/mol. The molecule has 2 aromatic carbocycles. The Balaban J connectivity index is 1.46. The number of carbonyl (C=O) groups is 2. The molecule has 0 saturated carbocycles. The van der Waals surface area contributed by atoms with Crippen molar-refractivity contribution in [2.24, 2.45) is 5.73 Å². The second-order valence-electron chi connectivity index (χ2n) is 8.95. The third-order valence-electron chi connectivity index (χ3n) is 6.53. The fourth-order valence-electron chi connectivity index (χ4n) is 4.76. The van der Waals surface area contributed by atoms with Gasteiger partial charge in [-0.1, -0.05) is 59.0 Å². The number of anilines is 2. The van der Waals surface area contributed by atoms with E-state index in [-0.39, 0.29) is 45.8 Å². The molecule has 12 heteroatoms. The number of nitrogens with zero attached hydrogens (tertiary/aromatic N) is 4. The topological polar surface area (TPSA) is 125 Å². The van der Waals surface area contributed by atoms with Crippen LogP contribution in [0.25, 0.3) is 0 Å². The normalized spacial score (nSPS) is 17.2. The Bertz CT molecular complexity index is 1570. The van der Waals surface area contributed by atoms with Crippen molar-refractivity contribution in [1.82, 2.24) is 10.2 Å². The first-order valence-corrected chi connectivity index (χ1v) is 14.2. The smallest absolute Gasteiger partial charge is 0.234 e. The molecule has 3 N–H and O–H groups in total. The van der Waals surface area contributed by atoms with Crippen LogP contribution in [0.2, 0.25) is 5.02 Å². The lowest BCUT2D eigenvalue weighted by molar-refractivity contribution is -0.116. The summed E-state index contributed by atoms with van der Waals surface area (Å²) in [5.74, 6) is -1.88. The molecule has 1 aliphatic heterocycles. The number of thioether (sulfide) groups is 1.